The third-order valence-electron chi connectivity index (χ3n) is 3.94. The number of benzene rings is 1. The van der Waals surface area contributed by atoms with Crippen molar-refractivity contribution in [1.29, 1.82) is 0 Å². The summed E-state index contributed by atoms with van der Waals surface area (Å²) in [4.78, 5) is 13.4. The van der Waals surface area contributed by atoms with Crippen molar-refractivity contribution in [2.75, 3.05) is 34.8 Å². The maximum Gasteiger partial charge on any atom is 0.321 e. The number of rotatable bonds is 3. The normalized spacial score (nSPS) is 22.1. The first kappa shape index (κ1) is 14.2. The topological polar surface area (TPSA) is 78.5 Å². The smallest absolute Gasteiger partial charge is 0.321 e. The minimum atomic E-state index is -2.84. The van der Waals surface area contributed by atoms with E-state index in [4.69, 9.17) is 0 Å². The zero-order chi connectivity index (χ0) is 14.9. The lowest BCUT2D eigenvalue weighted by Crippen LogP contribution is -2.32. The molecule has 1 aromatic rings. The SMILES string of the molecule is O=C1NCCN1c1cccc(NC2CCS(=O)(=O)CC2)c1. The lowest BCUT2D eigenvalue weighted by Gasteiger charge is -2.24. The van der Waals surface area contributed by atoms with Gasteiger partial charge in [0.1, 0.15) is 9.84 Å². The van der Waals surface area contributed by atoms with E-state index in [-0.39, 0.29) is 23.6 Å². The molecule has 0 spiro atoms. The van der Waals surface area contributed by atoms with Gasteiger partial charge in [-0.05, 0) is 31.0 Å². The molecule has 0 atom stereocenters. The highest BCUT2D eigenvalue weighted by Crippen LogP contribution is 2.23. The van der Waals surface area contributed by atoms with E-state index in [2.05, 4.69) is 10.6 Å². The quantitative estimate of drug-likeness (QED) is 0.879. The Morgan fingerprint density at radius 2 is 2.00 bits per heavy atom. The molecule has 1 aromatic carbocycles. The van der Waals surface area contributed by atoms with Crippen molar-refractivity contribution >= 4 is 27.2 Å². The van der Waals surface area contributed by atoms with E-state index in [0.717, 1.165) is 11.4 Å². The maximum absolute atomic E-state index is 11.7. The molecule has 3 rings (SSSR count). The molecule has 2 amide bonds. The monoisotopic (exact) mass is 309 g/mol. The van der Waals surface area contributed by atoms with Crippen LogP contribution in [0, 0.1) is 0 Å². The predicted molar refractivity (Wildman–Crippen MR) is 82.5 cm³/mol. The van der Waals surface area contributed by atoms with Crippen LogP contribution in [0.4, 0.5) is 16.2 Å². The van der Waals surface area contributed by atoms with Crippen molar-refractivity contribution in [2.45, 2.75) is 18.9 Å². The van der Waals surface area contributed by atoms with E-state index >= 15 is 0 Å². The fourth-order valence-electron chi connectivity index (χ4n) is 2.75. The van der Waals surface area contributed by atoms with E-state index in [0.29, 0.717) is 25.9 Å². The zero-order valence-corrected chi connectivity index (χ0v) is 12.5. The van der Waals surface area contributed by atoms with Crippen LogP contribution in [-0.4, -0.2) is 45.1 Å². The summed E-state index contributed by atoms with van der Waals surface area (Å²) in [7, 11) is -2.84. The van der Waals surface area contributed by atoms with Crippen LogP contribution in [-0.2, 0) is 9.84 Å². The van der Waals surface area contributed by atoms with Crippen molar-refractivity contribution < 1.29 is 13.2 Å². The summed E-state index contributed by atoms with van der Waals surface area (Å²) in [5.41, 5.74) is 1.79. The third kappa shape index (κ3) is 3.29. The summed E-state index contributed by atoms with van der Waals surface area (Å²) < 4.78 is 22.9. The predicted octanol–water partition coefficient (Wildman–Crippen LogP) is 1.21. The van der Waals surface area contributed by atoms with Crippen LogP contribution in [0.3, 0.4) is 0 Å². The standard InChI is InChI=1S/C14H19N3O3S/c18-14-15-6-7-17(14)13-3-1-2-12(10-13)16-11-4-8-21(19,20)9-5-11/h1-3,10-11,16H,4-9H2,(H,15,18). The van der Waals surface area contributed by atoms with E-state index < -0.39 is 9.84 Å². The van der Waals surface area contributed by atoms with Gasteiger partial charge in [0.05, 0.1) is 11.5 Å². The summed E-state index contributed by atoms with van der Waals surface area (Å²) >= 11 is 0. The van der Waals surface area contributed by atoms with Crippen molar-refractivity contribution in [3.8, 4) is 0 Å². The van der Waals surface area contributed by atoms with Crippen LogP contribution in [0.5, 0.6) is 0 Å². The van der Waals surface area contributed by atoms with Crippen LogP contribution < -0.4 is 15.5 Å². The highest BCUT2D eigenvalue weighted by molar-refractivity contribution is 7.91. The van der Waals surface area contributed by atoms with Crippen LogP contribution in [0.25, 0.3) is 0 Å². The first-order chi connectivity index (χ1) is 10.0. The molecule has 0 saturated carbocycles. The van der Waals surface area contributed by atoms with Crippen molar-refractivity contribution in [3.05, 3.63) is 24.3 Å². The van der Waals surface area contributed by atoms with Gasteiger partial charge in [0.15, 0.2) is 0 Å². The minimum Gasteiger partial charge on any atom is -0.382 e. The van der Waals surface area contributed by atoms with Crippen LogP contribution in [0.2, 0.25) is 0 Å². The van der Waals surface area contributed by atoms with E-state index in [1.807, 2.05) is 24.3 Å². The average Bonchev–Trinajstić information content (AvgIpc) is 2.88. The second-order valence-corrected chi connectivity index (χ2v) is 7.81. The number of urea groups is 1. The molecule has 2 saturated heterocycles. The second-order valence-electron chi connectivity index (χ2n) is 5.50. The van der Waals surface area contributed by atoms with Crippen LogP contribution >= 0.6 is 0 Å². The van der Waals surface area contributed by atoms with Gasteiger partial charge in [0.2, 0.25) is 0 Å². The van der Waals surface area contributed by atoms with E-state index in [1.54, 1.807) is 4.90 Å². The number of amides is 2. The molecule has 2 heterocycles. The van der Waals surface area contributed by atoms with Gasteiger partial charge < -0.3 is 10.6 Å². The molecule has 2 aliphatic rings. The van der Waals surface area contributed by atoms with Gasteiger partial charge in [0, 0.05) is 30.5 Å². The third-order valence-corrected chi connectivity index (χ3v) is 5.66. The molecule has 2 fully saturated rings. The van der Waals surface area contributed by atoms with Crippen molar-refractivity contribution in [3.63, 3.8) is 0 Å². The van der Waals surface area contributed by atoms with Gasteiger partial charge >= 0.3 is 6.03 Å². The van der Waals surface area contributed by atoms with Crippen molar-refractivity contribution in [1.82, 2.24) is 5.32 Å². The number of sulfone groups is 1. The number of anilines is 2. The molecule has 0 aliphatic carbocycles. The molecule has 7 heteroatoms. The summed E-state index contributed by atoms with van der Waals surface area (Å²) in [6.45, 7) is 1.33. The summed E-state index contributed by atoms with van der Waals surface area (Å²) in [6, 6.07) is 7.80. The number of carbonyl (C=O) groups is 1. The van der Waals surface area contributed by atoms with Gasteiger partial charge in [-0.25, -0.2) is 13.2 Å². The van der Waals surface area contributed by atoms with E-state index in [9.17, 15) is 13.2 Å². The van der Waals surface area contributed by atoms with Crippen LogP contribution in [0.15, 0.2) is 24.3 Å². The lowest BCUT2D eigenvalue weighted by molar-refractivity contribution is 0.252. The Bertz CT molecular complexity index is 631. The zero-order valence-electron chi connectivity index (χ0n) is 11.7. The Labute approximate surface area is 124 Å². The fourth-order valence-corrected chi connectivity index (χ4v) is 4.24. The number of nitrogens with one attached hydrogen (secondary N) is 2. The summed E-state index contributed by atoms with van der Waals surface area (Å²) in [6.07, 6.45) is 1.27. The summed E-state index contributed by atoms with van der Waals surface area (Å²) in [5.74, 6) is 0.498. The Balaban J connectivity index is 1.68. The Kier molecular flexibility index (Phi) is 3.75. The molecular weight excluding hydrogens is 290 g/mol. The number of nitrogens with zero attached hydrogens (tertiary/aromatic N) is 1. The number of carbonyl (C=O) groups excluding carboxylic acids is 1. The second kappa shape index (κ2) is 5.55. The van der Waals surface area contributed by atoms with Crippen LogP contribution in [0.1, 0.15) is 12.8 Å². The number of hydrogen-bond donors (Lipinski definition) is 2. The molecule has 0 aromatic heterocycles. The Morgan fingerprint density at radius 3 is 2.67 bits per heavy atom. The molecule has 0 radical (unpaired) electrons. The first-order valence-electron chi connectivity index (χ1n) is 7.16. The highest BCUT2D eigenvalue weighted by Gasteiger charge is 2.24. The Morgan fingerprint density at radius 1 is 1.24 bits per heavy atom. The van der Waals surface area contributed by atoms with Gasteiger partial charge in [-0.2, -0.15) is 0 Å². The molecule has 6 nitrogen and oxygen atoms in total. The van der Waals surface area contributed by atoms with Gasteiger partial charge in [-0.1, -0.05) is 6.07 Å². The fraction of sp³-hybridized carbons (Fsp3) is 0.500. The number of hydrogen-bond acceptors (Lipinski definition) is 4. The Hall–Kier alpha value is -1.76. The maximum atomic E-state index is 11.7. The highest BCUT2D eigenvalue weighted by atomic mass is 32.2. The molecule has 0 bridgehead atoms. The lowest BCUT2D eigenvalue weighted by atomic mass is 10.1. The van der Waals surface area contributed by atoms with E-state index in [1.165, 1.54) is 0 Å². The molecule has 2 aliphatic heterocycles. The average molecular weight is 309 g/mol. The van der Waals surface area contributed by atoms with Gasteiger partial charge in [0.25, 0.3) is 0 Å². The first-order valence-corrected chi connectivity index (χ1v) is 8.98. The van der Waals surface area contributed by atoms with Crippen molar-refractivity contribution in [2.24, 2.45) is 0 Å². The van der Waals surface area contributed by atoms with Gasteiger partial charge in [-0.3, -0.25) is 4.90 Å². The molecule has 114 valence electrons. The van der Waals surface area contributed by atoms with Gasteiger partial charge in [-0.15, -0.1) is 0 Å². The molecule has 21 heavy (non-hydrogen) atoms. The molecule has 0 unspecified atom stereocenters. The molecular formula is C14H19N3O3S. The minimum absolute atomic E-state index is 0.0732. The summed E-state index contributed by atoms with van der Waals surface area (Å²) in [5, 5.41) is 6.15. The largest absolute Gasteiger partial charge is 0.382 e. The molecule has 2 N–H and O–H groups in total.